The zero-order chi connectivity index (χ0) is 6.85. The summed E-state index contributed by atoms with van der Waals surface area (Å²) < 4.78 is 5.20. The van der Waals surface area contributed by atoms with Crippen molar-refractivity contribution in [3.63, 3.8) is 0 Å². The van der Waals surface area contributed by atoms with Crippen LogP contribution >= 0.6 is 0 Å². The molecule has 0 aliphatic carbocycles. The Morgan fingerprint density at radius 1 is 1.22 bits per heavy atom. The average molecular weight is 130 g/mol. The highest BCUT2D eigenvalue weighted by molar-refractivity contribution is 4.73. The maximum Gasteiger partial charge on any atom is 0.0635 e. The van der Waals surface area contributed by atoms with Gasteiger partial charge in [-0.3, -0.25) is 0 Å². The molecule has 0 aromatic rings. The molecule has 0 aromatic carbocycles. The third-order valence-corrected chi connectivity index (χ3v) is 1.93. The molecule has 2 heteroatoms. The van der Waals surface area contributed by atoms with Gasteiger partial charge in [0, 0.05) is 11.8 Å². The maximum atomic E-state index is 9.37. The molecule has 0 amide bonds. The highest BCUT2D eigenvalue weighted by atomic mass is 16.5. The molecule has 0 bridgehead atoms. The number of hydrogen-bond acceptors (Lipinski definition) is 2. The van der Waals surface area contributed by atoms with Gasteiger partial charge in [-0.1, -0.05) is 13.8 Å². The van der Waals surface area contributed by atoms with E-state index in [2.05, 4.69) is 0 Å². The standard InChI is InChI=1S/C7H14O2/c1-5-3-9-4-6(2)7(5)8/h5-8H,3-4H2,1-2H3/t5-,6?,7?/m0/s1. The number of ether oxygens (including phenoxy) is 1. The SMILES string of the molecule is CC1COC[C@H](C)C1O. The van der Waals surface area contributed by atoms with Gasteiger partial charge in [0.1, 0.15) is 0 Å². The molecule has 1 rings (SSSR count). The van der Waals surface area contributed by atoms with Crippen LogP contribution in [-0.2, 0) is 4.74 Å². The van der Waals surface area contributed by atoms with Gasteiger partial charge in [-0.2, -0.15) is 0 Å². The summed E-state index contributed by atoms with van der Waals surface area (Å²) >= 11 is 0. The molecule has 1 aliphatic heterocycles. The molecule has 1 N–H and O–H groups in total. The topological polar surface area (TPSA) is 29.5 Å². The molecular formula is C7H14O2. The van der Waals surface area contributed by atoms with Gasteiger partial charge < -0.3 is 9.84 Å². The lowest BCUT2D eigenvalue weighted by molar-refractivity contribution is -0.0670. The van der Waals surface area contributed by atoms with Crippen LogP contribution in [0.2, 0.25) is 0 Å². The van der Waals surface area contributed by atoms with E-state index in [1.54, 1.807) is 0 Å². The Balaban J connectivity index is 2.41. The lowest BCUT2D eigenvalue weighted by Crippen LogP contribution is -2.36. The van der Waals surface area contributed by atoms with Crippen LogP contribution in [-0.4, -0.2) is 24.4 Å². The first-order valence-electron chi connectivity index (χ1n) is 3.47. The van der Waals surface area contributed by atoms with E-state index in [0.29, 0.717) is 25.0 Å². The number of aliphatic hydroxyl groups excluding tert-OH is 1. The lowest BCUT2D eigenvalue weighted by atomic mass is 9.92. The third-order valence-electron chi connectivity index (χ3n) is 1.93. The predicted octanol–water partition coefficient (Wildman–Crippen LogP) is 0.650. The van der Waals surface area contributed by atoms with Crippen molar-refractivity contribution in [2.24, 2.45) is 11.8 Å². The van der Waals surface area contributed by atoms with Gasteiger partial charge >= 0.3 is 0 Å². The van der Waals surface area contributed by atoms with Gasteiger partial charge in [0.05, 0.1) is 19.3 Å². The molecule has 1 aliphatic rings. The van der Waals surface area contributed by atoms with Crippen molar-refractivity contribution in [1.29, 1.82) is 0 Å². The fourth-order valence-corrected chi connectivity index (χ4v) is 1.20. The predicted molar refractivity (Wildman–Crippen MR) is 35.2 cm³/mol. The van der Waals surface area contributed by atoms with Crippen molar-refractivity contribution < 1.29 is 9.84 Å². The lowest BCUT2D eigenvalue weighted by Gasteiger charge is -2.30. The van der Waals surface area contributed by atoms with Crippen LogP contribution in [0, 0.1) is 11.8 Å². The normalized spacial score (nSPS) is 45.0. The Bertz CT molecular complexity index is 82.9. The number of rotatable bonds is 0. The Morgan fingerprint density at radius 3 is 2.00 bits per heavy atom. The largest absolute Gasteiger partial charge is 0.392 e. The third kappa shape index (κ3) is 1.43. The molecule has 1 saturated heterocycles. The molecule has 0 saturated carbocycles. The first-order valence-corrected chi connectivity index (χ1v) is 3.47. The number of aliphatic hydroxyl groups is 1. The van der Waals surface area contributed by atoms with Crippen molar-refractivity contribution in [1.82, 2.24) is 0 Å². The van der Waals surface area contributed by atoms with Crippen molar-refractivity contribution in [3.05, 3.63) is 0 Å². The molecule has 1 heterocycles. The fraction of sp³-hybridized carbons (Fsp3) is 1.00. The van der Waals surface area contributed by atoms with Gasteiger partial charge in [-0.25, -0.2) is 0 Å². The van der Waals surface area contributed by atoms with Crippen molar-refractivity contribution in [2.75, 3.05) is 13.2 Å². The molecule has 1 fully saturated rings. The highest BCUT2D eigenvalue weighted by Crippen LogP contribution is 2.18. The zero-order valence-electron chi connectivity index (χ0n) is 6.00. The summed E-state index contributed by atoms with van der Waals surface area (Å²) in [5.74, 6) is 0.627. The van der Waals surface area contributed by atoms with Crippen molar-refractivity contribution in [2.45, 2.75) is 20.0 Å². The second-order valence-corrected chi connectivity index (χ2v) is 2.98. The van der Waals surface area contributed by atoms with Crippen LogP contribution in [0.1, 0.15) is 13.8 Å². The van der Waals surface area contributed by atoms with E-state index in [1.807, 2.05) is 13.8 Å². The quantitative estimate of drug-likeness (QED) is 0.521. The summed E-state index contributed by atoms with van der Waals surface area (Å²) in [5, 5.41) is 9.37. The van der Waals surface area contributed by atoms with E-state index in [1.165, 1.54) is 0 Å². The molecule has 2 unspecified atom stereocenters. The first kappa shape index (κ1) is 7.03. The van der Waals surface area contributed by atoms with Crippen LogP contribution in [0.3, 0.4) is 0 Å². The highest BCUT2D eigenvalue weighted by Gasteiger charge is 2.25. The van der Waals surface area contributed by atoms with Crippen LogP contribution < -0.4 is 0 Å². The van der Waals surface area contributed by atoms with Crippen molar-refractivity contribution in [3.8, 4) is 0 Å². The summed E-state index contributed by atoms with van der Waals surface area (Å²) in [4.78, 5) is 0. The van der Waals surface area contributed by atoms with E-state index >= 15 is 0 Å². The van der Waals surface area contributed by atoms with E-state index in [9.17, 15) is 5.11 Å². The van der Waals surface area contributed by atoms with E-state index in [0.717, 1.165) is 0 Å². The van der Waals surface area contributed by atoms with Gasteiger partial charge in [-0.05, 0) is 0 Å². The van der Waals surface area contributed by atoms with Crippen molar-refractivity contribution >= 4 is 0 Å². The second kappa shape index (κ2) is 2.67. The molecule has 9 heavy (non-hydrogen) atoms. The smallest absolute Gasteiger partial charge is 0.0635 e. The summed E-state index contributed by atoms with van der Waals surface area (Å²) in [6, 6.07) is 0. The Hall–Kier alpha value is -0.0800. The van der Waals surface area contributed by atoms with Gasteiger partial charge in [0.25, 0.3) is 0 Å². The molecule has 54 valence electrons. The van der Waals surface area contributed by atoms with Crippen LogP contribution in [0.5, 0.6) is 0 Å². The number of hydrogen-bond donors (Lipinski definition) is 1. The summed E-state index contributed by atoms with van der Waals surface area (Å²) in [5.41, 5.74) is 0. The van der Waals surface area contributed by atoms with Crippen LogP contribution in [0.15, 0.2) is 0 Å². The molecular weight excluding hydrogens is 116 g/mol. The summed E-state index contributed by atoms with van der Waals surface area (Å²) in [6.45, 7) is 5.46. The average Bonchev–Trinajstić information content (AvgIpc) is 1.83. The Kier molecular flexibility index (Phi) is 2.09. The van der Waals surface area contributed by atoms with Gasteiger partial charge in [0.15, 0.2) is 0 Å². The van der Waals surface area contributed by atoms with Crippen LogP contribution in [0.4, 0.5) is 0 Å². The molecule has 0 aromatic heterocycles. The van der Waals surface area contributed by atoms with E-state index < -0.39 is 0 Å². The Morgan fingerprint density at radius 2 is 1.67 bits per heavy atom. The second-order valence-electron chi connectivity index (χ2n) is 2.98. The summed E-state index contributed by atoms with van der Waals surface area (Å²) in [7, 11) is 0. The Labute approximate surface area is 55.8 Å². The minimum atomic E-state index is -0.154. The van der Waals surface area contributed by atoms with Gasteiger partial charge in [-0.15, -0.1) is 0 Å². The van der Waals surface area contributed by atoms with Gasteiger partial charge in [0.2, 0.25) is 0 Å². The summed E-state index contributed by atoms with van der Waals surface area (Å²) in [6.07, 6.45) is -0.154. The van der Waals surface area contributed by atoms with Crippen LogP contribution in [0.25, 0.3) is 0 Å². The minimum absolute atomic E-state index is 0.154. The monoisotopic (exact) mass is 130 g/mol. The fourth-order valence-electron chi connectivity index (χ4n) is 1.20. The maximum absolute atomic E-state index is 9.37. The minimum Gasteiger partial charge on any atom is -0.392 e. The zero-order valence-corrected chi connectivity index (χ0v) is 6.00. The first-order chi connectivity index (χ1) is 4.22. The van der Waals surface area contributed by atoms with E-state index in [4.69, 9.17) is 4.74 Å². The molecule has 2 nitrogen and oxygen atoms in total. The van der Waals surface area contributed by atoms with E-state index in [-0.39, 0.29) is 6.10 Å². The molecule has 0 spiro atoms. The molecule has 0 radical (unpaired) electrons. The molecule has 3 atom stereocenters.